The van der Waals surface area contributed by atoms with Crippen LogP contribution in [0.25, 0.3) is 0 Å². The molecule has 0 saturated heterocycles. The molecule has 1 atom stereocenters. The molecule has 3 N–H and O–H groups in total. The normalized spacial score (nSPS) is 17.5. The van der Waals surface area contributed by atoms with E-state index < -0.39 is 0 Å². The number of aromatic nitrogens is 2. The van der Waals surface area contributed by atoms with Crippen molar-refractivity contribution >= 4 is 11.8 Å². The standard InChI is InChI=1S/C11H18N4/c1-7-6-13-11(12)15-10(7)14-8(2)5-9-3-4-9/h6,8-9H,3-5H2,1-2H3,(H3,12,13,14,15). The largest absolute Gasteiger partial charge is 0.368 e. The van der Waals surface area contributed by atoms with E-state index in [4.69, 9.17) is 5.73 Å². The van der Waals surface area contributed by atoms with Crippen molar-refractivity contribution in [3.8, 4) is 0 Å². The summed E-state index contributed by atoms with van der Waals surface area (Å²) in [4.78, 5) is 8.14. The first-order valence-corrected chi connectivity index (χ1v) is 5.51. The fraction of sp³-hybridized carbons (Fsp3) is 0.636. The van der Waals surface area contributed by atoms with Crippen molar-refractivity contribution < 1.29 is 0 Å². The van der Waals surface area contributed by atoms with Gasteiger partial charge in [-0.3, -0.25) is 0 Å². The van der Waals surface area contributed by atoms with E-state index in [0.717, 1.165) is 17.3 Å². The molecule has 15 heavy (non-hydrogen) atoms. The summed E-state index contributed by atoms with van der Waals surface area (Å²) in [5.41, 5.74) is 6.60. The topological polar surface area (TPSA) is 63.8 Å². The third-order valence-electron chi connectivity index (χ3n) is 2.76. The minimum absolute atomic E-state index is 0.335. The number of nitrogens with one attached hydrogen (secondary N) is 1. The lowest BCUT2D eigenvalue weighted by molar-refractivity contribution is 0.639. The summed E-state index contributed by atoms with van der Waals surface area (Å²) in [6.45, 7) is 4.18. The number of rotatable bonds is 4. The Balaban J connectivity index is 1.98. The van der Waals surface area contributed by atoms with E-state index in [0.29, 0.717) is 12.0 Å². The smallest absolute Gasteiger partial charge is 0.221 e. The van der Waals surface area contributed by atoms with Crippen molar-refractivity contribution in [1.29, 1.82) is 0 Å². The maximum Gasteiger partial charge on any atom is 0.221 e. The second-order valence-corrected chi connectivity index (χ2v) is 4.48. The van der Waals surface area contributed by atoms with Gasteiger partial charge >= 0.3 is 0 Å². The molecule has 1 aliphatic rings. The lowest BCUT2D eigenvalue weighted by atomic mass is 10.1. The van der Waals surface area contributed by atoms with Gasteiger partial charge in [-0.1, -0.05) is 12.8 Å². The van der Waals surface area contributed by atoms with Crippen molar-refractivity contribution in [1.82, 2.24) is 9.97 Å². The van der Waals surface area contributed by atoms with Gasteiger partial charge in [-0.05, 0) is 26.2 Å². The summed E-state index contributed by atoms with van der Waals surface area (Å²) >= 11 is 0. The molecule has 1 saturated carbocycles. The molecular weight excluding hydrogens is 188 g/mol. The second kappa shape index (κ2) is 4.04. The van der Waals surface area contributed by atoms with Crippen LogP contribution in [0, 0.1) is 12.8 Å². The highest BCUT2D eigenvalue weighted by Crippen LogP contribution is 2.34. The van der Waals surface area contributed by atoms with Crippen LogP contribution in [0.15, 0.2) is 6.20 Å². The van der Waals surface area contributed by atoms with Gasteiger partial charge in [-0.2, -0.15) is 4.98 Å². The molecule has 1 aliphatic carbocycles. The van der Waals surface area contributed by atoms with Gasteiger partial charge in [-0.15, -0.1) is 0 Å². The molecular formula is C11H18N4. The van der Waals surface area contributed by atoms with Gasteiger partial charge in [0.15, 0.2) is 0 Å². The number of nitrogens with zero attached hydrogens (tertiary/aromatic N) is 2. The van der Waals surface area contributed by atoms with Crippen LogP contribution in [0.3, 0.4) is 0 Å². The number of nitrogen functional groups attached to an aromatic ring is 1. The third kappa shape index (κ3) is 2.81. The first kappa shape index (κ1) is 10.2. The zero-order chi connectivity index (χ0) is 10.8. The summed E-state index contributed by atoms with van der Waals surface area (Å²) < 4.78 is 0. The van der Waals surface area contributed by atoms with E-state index in [9.17, 15) is 0 Å². The van der Waals surface area contributed by atoms with E-state index >= 15 is 0 Å². The molecule has 0 aromatic carbocycles. The van der Waals surface area contributed by atoms with Crippen molar-refractivity contribution in [2.75, 3.05) is 11.1 Å². The van der Waals surface area contributed by atoms with Crippen molar-refractivity contribution in [2.45, 2.75) is 39.2 Å². The zero-order valence-corrected chi connectivity index (χ0v) is 9.33. The minimum Gasteiger partial charge on any atom is -0.368 e. The Bertz CT molecular complexity index is 346. The summed E-state index contributed by atoms with van der Waals surface area (Å²) in [6.07, 6.45) is 5.76. The van der Waals surface area contributed by atoms with E-state index in [2.05, 4.69) is 22.2 Å². The van der Waals surface area contributed by atoms with E-state index in [-0.39, 0.29) is 0 Å². The average molecular weight is 206 g/mol. The SMILES string of the molecule is Cc1cnc(N)nc1NC(C)CC1CC1. The highest BCUT2D eigenvalue weighted by Gasteiger charge is 2.23. The third-order valence-corrected chi connectivity index (χ3v) is 2.76. The highest BCUT2D eigenvalue weighted by atomic mass is 15.1. The van der Waals surface area contributed by atoms with Crippen LogP contribution in [0.2, 0.25) is 0 Å². The number of aryl methyl sites for hydroxylation is 1. The molecule has 4 nitrogen and oxygen atoms in total. The van der Waals surface area contributed by atoms with Crippen molar-refractivity contribution in [3.05, 3.63) is 11.8 Å². The maximum atomic E-state index is 5.55. The fourth-order valence-electron chi connectivity index (χ4n) is 1.75. The Morgan fingerprint density at radius 1 is 1.60 bits per heavy atom. The van der Waals surface area contributed by atoms with Gasteiger partial charge in [0.25, 0.3) is 0 Å². The predicted octanol–water partition coefficient (Wildman–Crippen LogP) is 1.97. The Morgan fingerprint density at radius 2 is 2.33 bits per heavy atom. The molecule has 4 heteroatoms. The molecule has 82 valence electrons. The Kier molecular flexibility index (Phi) is 2.75. The van der Waals surface area contributed by atoms with Gasteiger partial charge in [0.2, 0.25) is 5.95 Å². The number of nitrogens with two attached hydrogens (primary N) is 1. The molecule has 0 spiro atoms. The van der Waals surface area contributed by atoms with Crippen LogP contribution < -0.4 is 11.1 Å². The average Bonchev–Trinajstić information content (AvgIpc) is 2.95. The molecule has 0 aliphatic heterocycles. The Labute approximate surface area is 90.3 Å². The van der Waals surface area contributed by atoms with Gasteiger partial charge in [0, 0.05) is 17.8 Å². The van der Waals surface area contributed by atoms with Crippen LogP contribution in [-0.2, 0) is 0 Å². The van der Waals surface area contributed by atoms with E-state index in [1.165, 1.54) is 19.3 Å². The first-order valence-electron chi connectivity index (χ1n) is 5.51. The number of hydrogen-bond donors (Lipinski definition) is 2. The molecule has 2 rings (SSSR count). The zero-order valence-electron chi connectivity index (χ0n) is 9.33. The van der Waals surface area contributed by atoms with E-state index in [1.807, 2.05) is 6.92 Å². The quantitative estimate of drug-likeness (QED) is 0.790. The van der Waals surface area contributed by atoms with Crippen LogP contribution in [0.4, 0.5) is 11.8 Å². The van der Waals surface area contributed by atoms with Gasteiger partial charge in [-0.25, -0.2) is 4.98 Å². The molecule has 1 aromatic heterocycles. The molecule has 1 aromatic rings. The van der Waals surface area contributed by atoms with Gasteiger partial charge in [0.1, 0.15) is 5.82 Å². The molecule has 0 bridgehead atoms. The van der Waals surface area contributed by atoms with Crippen LogP contribution in [-0.4, -0.2) is 16.0 Å². The lowest BCUT2D eigenvalue weighted by Gasteiger charge is -2.15. The monoisotopic (exact) mass is 206 g/mol. The lowest BCUT2D eigenvalue weighted by Crippen LogP contribution is -2.18. The molecule has 0 radical (unpaired) electrons. The summed E-state index contributed by atoms with van der Waals surface area (Å²) in [7, 11) is 0. The number of hydrogen-bond acceptors (Lipinski definition) is 4. The van der Waals surface area contributed by atoms with Crippen LogP contribution >= 0.6 is 0 Å². The number of anilines is 2. The second-order valence-electron chi connectivity index (χ2n) is 4.48. The van der Waals surface area contributed by atoms with Crippen LogP contribution in [0.5, 0.6) is 0 Å². The molecule has 1 unspecified atom stereocenters. The van der Waals surface area contributed by atoms with Gasteiger partial charge < -0.3 is 11.1 Å². The minimum atomic E-state index is 0.335. The molecule has 1 heterocycles. The van der Waals surface area contributed by atoms with Crippen molar-refractivity contribution in [3.63, 3.8) is 0 Å². The van der Waals surface area contributed by atoms with Crippen molar-refractivity contribution in [2.24, 2.45) is 5.92 Å². The van der Waals surface area contributed by atoms with E-state index in [1.54, 1.807) is 6.20 Å². The van der Waals surface area contributed by atoms with Gasteiger partial charge in [0.05, 0.1) is 0 Å². The summed E-state index contributed by atoms with van der Waals surface area (Å²) in [5, 5.41) is 3.39. The Morgan fingerprint density at radius 3 is 3.00 bits per heavy atom. The molecule has 1 fully saturated rings. The maximum absolute atomic E-state index is 5.55. The summed E-state index contributed by atoms with van der Waals surface area (Å²) in [6, 6.07) is 0.463. The summed E-state index contributed by atoms with van der Waals surface area (Å²) in [5.74, 6) is 2.13. The Hall–Kier alpha value is -1.32. The first-order chi connectivity index (χ1) is 7.15. The predicted molar refractivity (Wildman–Crippen MR) is 61.6 cm³/mol. The van der Waals surface area contributed by atoms with Crippen LogP contribution in [0.1, 0.15) is 31.7 Å². The molecule has 0 amide bonds. The highest BCUT2D eigenvalue weighted by molar-refractivity contribution is 5.45. The fourth-order valence-corrected chi connectivity index (χ4v) is 1.75.